The number of aromatic nitrogens is 2. The first-order valence-corrected chi connectivity index (χ1v) is 17.9. The highest BCUT2D eigenvalue weighted by atomic mass is 16.3. The Hall–Kier alpha value is -5.41. The number of furan rings is 1. The smallest absolute Gasteiger partial charge is 0.149 e. The Morgan fingerprint density at radius 1 is 0.580 bits per heavy atom. The first-order chi connectivity index (χ1) is 24.1. The standard InChI is InChI=1S/C47H44N2O/c1-29(2)38-27-35(47(5,6)7)28-39(30(3)4)44(38)49-42-22-12-11-21-41(42)48-46(49)37-20-14-19-36-40-26-34(23-24-43(40)50-45(36)37)33-18-13-17-32(25-33)31-15-9-8-10-16-31/h8-30H,1-7H3. The third-order valence-electron chi connectivity index (χ3n) is 10.1. The topological polar surface area (TPSA) is 31.0 Å². The van der Waals surface area contributed by atoms with E-state index in [0.29, 0.717) is 11.8 Å². The van der Waals surface area contributed by atoms with Gasteiger partial charge in [-0.1, -0.05) is 139 Å². The molecule has 0 amide bonds. The zero-order valence-electron chi connectivity index (χ0n) is 30.1. The van der Waals surface area contributed by atoms with Gasteiger partial charge >= 0.3 is 0 Å². The van der Waals surface area contributed by atoms with Crippen molar-refractivity contribution in [3.8, 4) is 39.3 Å². The number of para-hydroxylation sites is 3. The molecule has 0 aliphatic carbocycles. The van der Waals surface area contributed by atoms with Crippen LogP contribution in [0.1, 0.15) is 77.0 Å². The van der Waals surface area contributed by atoms with Crippen LogP contribution in [0.2, 0.25) is 0 Å². The first-order valence-electron chi connectivity index (χ1n) is 17.9. The molecular weight excluding hydrogens is 609 g/mol. The van der Waals surface area contributed by atoms with Gasteiger partial charge < -0.3 is 4.42 Å². The van der Waals surface area contributed by atoms with Gasteiger partial charge in [-0.25, -0.2) is 4.98 Å². The van der Waals surface area contributed by atoms with Gasteiger partial charge in [0.2, 0.25) is 0 Å². The molecule has 3 nitrogen and oxygen atoms in total. The van der Waals surface area contributed by atoms with Gasteiger partial charge in [0.25, 0.3) is 0 Å². The van der Waals surface area contributed by atoms with Crippen molar-refractivity contribution in [2.24, 2.45) is 0 Å². The average Bonchev–Trinajstić information content (AvgIpc) is 3.69. The van der Waals surface area contributed by atoms with Gasteiger partial charge in [-0.15, -0.1) is 0 Å². The number of benzene rings is 6. The predicted octanol–water partition coefficient (Wildman–Crippen LogP) is 13.5. The lowest BCUT2D eigenvalue weighted by molar-refractivity contribution is 0.586. The lowest BCUT2D eigenvalue weighted by Crippen LogP contribution is -2.16. The zero-order chi connectivity index (χ0) is 34.7. The van der Waals surface area contributed by atoms with Crippen LogP contribution in [0.25, 0.3) is 72.3 Å². The van der Waals surface area contributed by atoms with Gasteiger partial charge in [0.1, 0.15) is 17.0 Å². The molecule has 0 unspecified atom stereocenters. The molecule has 0 atom stereocenters. The van der Waals surface area contributed by atoms with E-state index in [4.69, 9.17) is 9.40 Å². The highest BCUT2D eigenvalue weighted by molar-refractivity contribution is 6.10. The summed E-state index contributed by atoms with van der Waals surface area (Å²) in [7, 11) is 0. The molecule has 3 heteroatoms. The fraction of sp³-hybridized carbons (Fsp3) is 0.213. The quantitative estimate of drug-likeness (QED) is 0.179. The van der Waals surface area contributed by atoms with Crippen molar-refractivity contribution in [1.82, 2.24) is 9.55 Å². The second-order valence-corrected chi connectivity index (χ2v) is 15.3. The Balaban J connectivity index is 1.35. The van der Waals surface area contributed by atoms with Crippen molar-refractivity contribution in [3.63, 3.8) is 0 Å². The molecule has 0 radical (unpaired) electrons. The summed E-state index contributed by atoms with van der Waals surface area (Å²) >= 11 is 0. The van der Waals surface area contributed by atoms with E-state index < -0.39 is 0 Å². The summed E-state index contributed by atoms with van der Waals surface area (Å²) in [5.74, 6) is 1.54. The Labute approximate surface area is 295 Å². The van der Waals surface area contributed by atoms with Gasteiger partial charge in [-0.3, -0.25) is 4.57 Å². The van der Waals surface area contributed by atoms with E-state index in [2.05, 4.69) is 180 Å². The van der Waals surface area contributed by atoms with Gasteiger partial charge in [0.05, 0.1) is 22.3 Å². The molecule has 2 heterocycles. The van der Waals surface area contributed by atoms with Crippen molar-refractivity contribution < 1.29 is 4.42 Å². The molecule has 2 aromatic heterocycles. The third kappa shape index (κ3) is 5.42. The summed E-state index contributed by atoms with van der Waals surface area (Å²) < 4.78 is 9.19. The van der Waals surface area contributed by atoms with Crippen LogP contribution in [0.5, 0.6) is 0 Å². The number of rotatable bonds is 6. The predicted molar refractivity (Wildman–Crippen MR) is 212 cm³/mol. The molecule has 0 saturated heterocycles. The Kier molecular flexibility index (Phi) is 7.75. The van der Waals surface area contributed by atoms with E-state index >= 15 is 0 Å². The number of nitrogens with zero attached hydrogens (tertiary/aromatic N) is 2. The number of hydrogen-bond donors (Lipinski definition) is 0. The number of fused-ring (bicyclic) bond motifs is 4. The highest BCUT2D eigenvalue weighted by Crippen LogP contribution is 2.43. The molecule has 248 valence electrons. The number of hydrogen-bond acceptors (Lipinski definition) is 2. The fourth-order valence-electron chi connectivity index (χ4n) is 7.35. The molecule has 6 aromatic carbocycles. The van der Waals surface area contributed by atoms with Crippen LogP contribution in [0.4, 0.5) is 0 Å². The molecule has 0 saturated carbocycles. The van der Waals surface area contributed by atoms with Crippen molar-refractivity contribution in [3.05, 3.63) is 144 Å². The molecular formula is C47H44N2O. The highest BCUT2D eigenvalue weighted by Gasteiger charge is 2.27. The van der Waals surface area contributed by atoms with Crippen LogP contribution in [0.15, 0.2) is 132 Å². The summed E-state index contributed by atoms with van der Waals surface area (Å²) in [5.41, 5.74) is 14.9. The second-order valence-electron chi connectivity index (χ2n) is 15.3. The van der Waals surface area contributed by atoms with Crippen molar-refractivity contribution in [1.29, 1.82) is 0 Å². The molecule has 0 fully saturated rings. The monoisotopic (exact) mass is 652 g/mol. The van der Waals surface area contributed by atoms with Crippen molar-refractivity contribution in [2.75, 3.05) is 0 Å². The van der Waals surface area contributed by atoms with Crippen LogP contribution in [0, 0.1) is 0 Å². The summed E-state index contributed by atoms with van der Waals surface area (Å²) in [6.45, 7) is 16.1. The molecule has 50 heavy (non-hydrogen) atoms. The van der Waals surface area contributed by atoms with Crippen LogP contribution in [0.3, 0.4) is 0 Å². The molecule has 0 aliphatic heterocycles. The summed E-state index contributed by atoms with van der Waals surface area (Å²) in [5, 5.41) is 2.20. The van der Waals surface area contributed by atoms with E-state index in [0.717, 1.165) is 49.9 Å². The van der Waals surface area contributed by atoms with E-state index in [-0.39, 0.29) is 5.41 Å². The number of imidazole rings is 1. The van der Waals surface area contributed by atoms with Gasteiger partial charge in [-0.2, -0.15) is 0 Å². The maximum Gasteiger partial charge on any atom is 0.149 e. The minimum absolute atomic E-state index is 0.0350. The SMILES string of the molecule is CC(C)c1cc(C(C)(C)C)cc(C(C)C)c1-n1c(-c2cccc3c2oc2ccc(-c4cccc(-c5ccccc5)c4)cc23)nc2ccccc21. The van der Waals surface area contributed by atoms with E-state index in [1.54, 1.807) is 0 Å². The Bertz CT molecular complexity index is 2490. The first kappa shape index (κ1) is 31.8. The Morgan fingerprint density at radius 2 is 1.20 bits per heavy atom. The van der Waals surface area contributed by atoms with Gasteiger partial charge in [0, 0.05) is 10.8 Å². The van der Waals surface area contributed by atoms with E-state index in [1.165, 1.54) is 39.1 Å². The molecule has 8 rings (SSSR count). The lowest BCUT2D eigenvalue weighted by Gasteiger charge is -2.28. The minimum Gasteiger partial charge on any atom is -0.455 e. The maximum absolute atomic E-state index is 6.77. The largest absolute Gasteiger partial charge is 0.455 e. The maximum atomic E-state index is 6.77. The van der Waals surface area contributed by atoms with Crippen LogP contribution >= 0.6 is 0 Å². The molecule has 0 bridgehead atoms. The average molecular weight is 653 g/mol. The zero-order valence-corrected chi connectivity index (χ0v) is 30.1. The molecule has 0 spiro atoms. The summed E-state index contributed by atoms with van der Waals surface area (Å²) in [6.07, 6.45) is 0. The second kappa shape index (κ2) is 12.2. The Morgan fingerprint density at radius 3 is 1.90 bits per heavy atom. The minimum atomic E-state index is 0.0350. The molecule has 0 N–H and O–H groups in total. The van der Waals surface area contributed by atoms with Crippen molar-refractivity contribution >= 4 is 33.0 Å². The van der Waals surface area contributed by atoms with Gasteiger partial charge in [0.15, 0.2) is 0 Å². The van der Waals surface area contributed by atoms with Crippen LogP contribution in [-0.4, -0.2) is 9.55 Å². The van der Waals surface area contributed by atoms with Gasteiger partial charge in [-0.05, 0) is 92.6 Å². The van der Waals surface area contributed by atoms with Crippen LogP contribution in [-0.2, 0) is 5.41 Å². The van der Waals surface area contributed by atoms with Crippen LogP contribution < -0.4 is 0 Å². The normalized spacial score (nSPS) is 12.3. The summed E-state index contributed by atoms with van der Waals surface area (Å²) in [4.78, 5) is 5.36. The van der Waals surface area contributed by atoms with E-state index in [1.807, 2.05) is 0 Å². The van der Waals surface area contributed by atoms with E-state index in [9.17, 15) is 0 Å². The summed E-state index contributed by atoms with van der Waals surface area (Å²) in [6, 6.07) is 45.8. The fourth-order valence-corrected chi connectivity index (χ4v) is 7.35. The van der Waals surface area contributed by atoms with Crippen molar-refractivity contribution in [2.45, 2.75) is 65.7 Å². The molecule has 8 aromatic rings. The third-order valence-corrected chi connectivity index (χ3v) is 10.1. The molecule has 0 aliphatic rings. The lowest BCUT2D eigenvalue weighted by atomic mass is 9.81.